The van der Waals surface area contributed by atoms with Gasteiger partial charge in [-0.1, -0.05) is 0 Å². The van der Waals surface area contributed by atoms with Gasteiger partial charge in [0.15, 0.2) is 0 Å². The summed E-state index contributed by atoms with van der Waals surface area (Å²) in [6.45, 7) is 2.26. The second-order valence-corrected chi connectivity index (χ2v) is 7.09. The van der Waals surface area contributed by atoms with E-state index in [0.29, 0.717) is 46.2 Å². The van der Waals surface area contributed by atoms with E-state index >= 15 is 0 Å². The molecular formula is C19H18F3N3O3S. The minimum atomic E-state index is -4.74. The number of carbonyl (C=O) groups is 1. The molecule has 0 aliphatic rings. The smallest absolute Gasteiger partial charge is 0.406 e. The molecule has 0 fully saturated rings. The molecule has 0 atom stereocenters. The second-order valence-electron chi connectivity index (χ2n) is 6.23. The highest BCUT2D eigenvalue weighted by Crippen LogP contribution is 2.33. The Balaban J connectivity index is 1.92. The Kier molecular flexibility index (Phi) is 5.94. The zero-order valence-corrected chi connectivity index (χ0v) is 16.2. The molecule has 0 spiro atoms. The van der Waals surface area contributed by atoms with Crippen LogP contribution < -0.4 is 10.5 Å². The van der Waals surface area contributed by atoms with Crippen molar-refractivity contribution in [1.29, 1.82) is 0 Å². The van der Waals surface area contributed by atoms with Crippen molar-refractivity contribution in [2.24, 2.45) is 5.73 Å². The van der Waals surface area contributed by atoms with E-state index in [1.807, 2.05) is 4.57 Å². The first kappa shape index (κ1) is 20.9. The van der Waals surface area contributed by atoms with E-state index in [-0.39, 0.29) is 12.4 Å². The molecular weight excluding hydrogens is 407 g/mol. The topological polar surface area (TPSA) is 90.4 Å². The summed E-state index contributed by atoms with van der Waals surface area (Å²) in [7, 11) is 0. The van der Waals surface area contributed by atoms with Gasteiger partial charge in [-0.3, -0.25) is 4.79 Å². The van der Waals surface area contributed by atoms with Gasteiger partial charge in [-0.25, -0.2) is 4.98 Å². The number of halogens is 3. The van der Waals surface area contributed by atoms with Crippen LogP contribution in [0.15, 0.2) is 35.7 Å². The Hall–Kier alpha value is -2.85. The third-order valence-corrected chi connectivity index (χ3v) is 5.16. The lowest BCUT2D eigenvalue weighted by molar-refractivity contribution is -0.274. The van der Waals surface area contributed by atoms with Gasteiger partial charge in [-0.2, -0.15) is 0 Å². The molecule has 29 heavy (non-hydrogen) atoms. The standard InChI is InChI=1S/C19H18F3N3O3S/c1-11-14(17(23)27)9-16(25(11)7-2-8-26)15-10-29-18(24-15)12-3-5-13(6-4-12)28-19(20,21)22/h3-6,9-10,26H,2,7-8H2,1H3,(H2,23,27). The minimum absolute atomic E-state index is 0.00236. The second kappa shape index (κ2) is 8.26. The molecule has 1 amide bonds. The monoisotopic (exact) mass is 425 g/mol. The molecule has 1 aromatic carbocycles. The summed E-state index contributed by atoms with van der Waals surface area (Å²) in [5, 5.41) is 11.5. The summed E-state index contributed by atoms with van der Waals surface area (Å²) in [6, 6.07) is 7.10. The number of hydrogen-bond acceptors (Lipinski definition) is 5. The molecule has 154 valence electrons. The summed E-state index contributed by atoms with van der Waals surface area (Å²) in [5.74, 6) is -0.861. The van der Waals surface area contributed by atoms with Gasteiger partial charge in [0, 0.05) is 29.8 Å². The average molecular weight is 425 g/mol. The molecule has 2 heterocycles. The quantitative estimate of drug-likeness (QED) is 0.599. The Bertz CT molecular complexity index is 1010. The number of ether oxygens (including phenoxy) is 1. The fourth-order valence-corrected chi connectivity index (χ4v) is 3.77. The molecule has 0 bridgehead atoms. The summed E-state index contributed by atoms with van der Waals surface area (Å²) < 4.78 is 42.6. The predicted molar refractivity (Wildman–Crippen MR) is 103 cm³/mol. The molecule has 3 N–H and O–H groups in total. The molecule has 0 saturated carbocycles. The number of aliphatic hydroxyl groups is 1. The van der Waals surface area contributed by atoms with E-state index in [1.54, 1.807) is 18.4 Å². The summed E-state index contributed by atoms with van der Waals surface area (Å²) in [4.78, 5) is 16.3. The number of nitrogens with zero attached hydrogens (tertiary/aromatic N) is 2. The van der Waals surface area contributed by atoms with Crippen molar-refractivity contribution in [2.75, 3.05) is 6.61 Å². The van der Waals surface area contributed by atoms with Gasteiger partial charge >= 0.3 is 6.36 Å². The van der Waals surface area contributed by atoms with Gasteiger partial charge in [0.2, 0.25) is 0 Å². The van der Waals surface area contributed by atoms with Crippen molar-refractivity contribution < 1.29 is 27.8 Å². The maximum Gasteiger partial charge on any atom is 0.573 e. The Labute approximate surface area is 168 Å². The van der Waals surface area contributed by atoms with E-state index in [4.69, 9.17) is 10.8 Å². The van der Waals surface area contributed by atoms with E-state index < -0.39 is 12.3 Å². The first-order valence-corrected chi connectivity index (χ1v) is 9.50. The zero-order valence-electron chi connectivity index (χ0n) is 15.4. The number of hydrogen-bond donors (Lipinski definition) is 2. The van der Waals surface area contributed by atoms with Crippen molar-refractivity contribution in [1.82, 2.24) is 9.55 Å². The minimum Gasteiger partial charge on any atom is -0.406 e. The fourth-order valence-electron chi connectivity index (χ4n) is 2.95. The van der Waals surface area contributed by atoms with Crippen LogP contribution in [0.4, 0.5) is 13.2 Å². The molecule has 10 heteroatoms. The van der Waals surface area contributed by atoms with Crippen molar-refractivity contribution in [3.8, 4) is 27.7 Å². The van der Waals surface area contributed by atoms with Crippen LogP contribution in [0.5, 0.6) is 5.75 Å². The fraction of sp³-hybridized carbons (Fsp3) is 0.263. The van der Waals surface area contributed by atoms with E-state index in [1.165, 1.54) is 35.6 Å². The van der Waals surface area contributed by atoms with Gasteiger partial charge < -0.3 is 20.1 Å². The summed E-state index contributed by atoms with van der Waals surface area (Å²) in [6.07, 6.45) is -4.25. The third kappa shape index (κ3) is 4.77. The highest BCUT2D eigenvalue weighted by atomic mass is 32.1. The van der Waals surface area contributed by atoms with Crippen LogP contribution in [0.3, 0.4) is 0 Å². The number of amides is 1. The van der Waals surface area contributed by atoms with Crippen LogP contribution in [-0.2, 0) is 6.54 Å². The van der Waals surface area contributed by atoms with Gasteiger partial charge in [0.1, 0.15) is 10.8 Å². The number of alkyl halides is 3. The van der Waals surface area contributed by atoms with Gasteiger partial charge in [0.25, 0.3) is 5.91 Å². The van der Waals surface area contributed by atoms with Crippen LogP contribution in [0, 0.1) is 6.92 Å². The molecule has 2 aromatic heterocycles. The van der Waals surface area contributed by atoms with E-state index in [0.717, 1.165) is 0 Å². The van der Waals surface area contributed by atoms with Crippen LogP contribution >= 0.6 is 11.3 Å². The summed E-state index contributed by atoms with van der Waals surface area (Å²) >= 11 is 1.32. The highest BCUT2D eigenvalue weighted by Gasteiger charge is 2.31. The number of rotatable bonds is 7. The molecule has 0 aliphatic heterocycles. The maximum atomic E-state index is 12.3. The molecule has 3 aromatic rings. The molecule has 0 saturated heterocycles. The van der Waals surface area contributed by atoms with Crippen molar-refractivity contribution in [2.45, 2.75) is 26.3 Å². The first-order chi connectivity index (χ1) is 13.7. The number of primary amides is 1. The Morgan fingerprint density at radius 3 is 2.59 bits per heavy atom. The number of thiazole rings is 1. The van der Waals surface area contributed by atoms with Crippen molar-refractivity contribution >= 4 is 17.2 Å². The number of carbonyl (C=O) groups excluding carboxylic acids is 1. The summed E-state index contributed by atoms with van der Waals surface area (Å²) in [5.41, 5.74) is 8.43. The van der Waals surface area contributed by atoms with Gasteiger partial charge in [0.05, 0.1) is 17.0 Å². The largest absolute Gasteiger partial charge is 0.573 e. The molecule has 0 radical (unpaired) electrons. The van der Waals surface area contributed by atoms with Crippen LogP contribution in [0.2, 0.25) is 0 Å². The van der Waals surface area contributed by atoms with Crippen molar-refractivity contribution in [3.63, 3.8) is 0 Å². The van der Waals surface area contributed by atoms with E-state index in [2.05, 4.69) is 9.72 Å². The molecule has 6 nitrogen and oxygen atoms in total. The number of aliphatic hydroxyl groups excluding tert-OH is 1. The molecule has 0 aliphatic carbocycles. The van der Waals surface area contributed by atoms with Gasteiger partial charge in [-0.05, 0) is 43.7 Å². The number of nitrogens with two attached hydrogens (primary N) is 1. The van der Waals surface area contributed by atoms with Crippen LogP contribution in [0.1, 0.15) is 22.5 Å². The van der Waals surface area contributed by atoms with E-state index in [9.17, 15) is 18.0 Å². The SMILES string of the molecule is Cc1c(C(N)=O)cc(-c2csc(-c3ccc(OC(F)(F)F)cc3)n2)n1CCCO. The molecule has 3 rings (SSSR count). The lowest BCUT2D eigenvalue weighted by Crippen LogP contribution is -2.16. The van der Waals surface area contributed by atoms with Crippen molar-refractivity contribution in [3.05, 3.63) is 47.0 Å². The number of benzene rings is 1. The van der Waals surface area contributed by atoms with Gasteiger partial charge in [-0.15, -0.1) is 24.5 Å². The number of aromatic nitrogens is 2. The predicted octanol–water partition coefficient (Wildman–Crippen LogP) is 3.97. The third-order valence-electron chi connectivity index (χ3n) is 4.27. The maximum absolute atomic E-state index is 12.3. The van der Waals surface area contributed by atoms with Crippen LogP contribution in [-0.4, -0.2) is 33.5 Å². The Morgan fingerprint density at radius 1 is 1.31 bits per heavy atom. The Morgan fingerprint density at radius 2 is 2.00 bits per heavy atom. The first-order valence-electron chi connectivity index (χ1n) is 8.62. The zero-order chi connectivity index (χ0) is 21.2. The van der Waals surface area contributed by atoms with Crippen LogP contribution in [0.25, 0.3) is 22.0 Å². The highest BCUT2D eigenvalue weighted by molar-refractivity contribution is 7.13. The normalized spacial score (nSPS) is 11.6. The lowest BCUT2D eigenvalue weighted by atomic mass is 10.2. The molecule has 0 unspecified atom stereocenters. The average Bonchev–Trinajstić information content (AvgIpc) is 3.24. The lowest BCUT2D eigenvalue weighted by Gasteiger charge is -2.09.